The molecule has 0 spiro atoms. The lowest BCUT2D eigenvalue weighted by Crippen LogP contribution is -2.12. The van der Waals surface area contributed by atoms with Gasteiger partial charge in [-0.3, -0.25) is 4.79 Å². The van der Waals surface area contributed by atoms with Crippen LogP contribution in [-0.2, 0) is 0 Å². The zero-order chi connectivity index (χ0) is 13.1. The monoisotopic (exact) mass is 284 g/mol. The molecular weight excluding hydrogens is 279 g/mol. The van der Waals surface area contributed by atoms with Gasteiger partial charge < -0.3 is 4.74 Å². The first-order chi connectivity index (χ1) is 8.56. The SMILES string of the molecule is O=C(Oc1ccc(=O)[nH]n1)c1ccc(Cl)c(Cl)c1. The standard InChI is InChI=1S/C11H6Cl2N2O3/c12-7-2-1-6(5-8(7)13)11(17)18-10-4-3-9(16)14-15-10/h1-5H,(H,14,16). The van der Waals surface area contributed by atoms with Crippen LogP contribution in [0.5, 0.6) is 5.88 Å². The minimum atomic E-state index is -0.645. The molecule has 2 aromatic rings. The van der Waals surface area contributed by atoms with Crippen molar-refractivity contribution in [1.82, 2.24) is 10.2 Å². The molecule has 0 unspecified atom stereocenters. The normalized spacial score (nSPS) is 10.1. The molecule has 0 aliphatic heterocycles. The smallest absolute Gasteiger partial charge is 0.344 e. The van der Waals surface area contributed by atoms with Crippen molar-refractivity contribution < 1.29 is 9.53 Å². The van der Waals surface area contributed by atoms with Gasteiger partial charge in [-0.25, -0.2) is 9.89 Å². The Balaban J connectivity index is 2.19. The lowest BCUT2D eigenvalue weighted by Gasteiger charge is -2.03. The molecule has 1 N–H and O–H groups in total. The van der Waals surface area contributed by atoms with E-state index in [0.29, 0.717) is 5.02 Å². The maximum absolute atomic E-state index is 11.7. The van der Waals surface area contributed by atoms with E-state index in [-0.39, 0.29) is 22.0 Å². The fourth-order valence-electron chi connectivity index (χ4n) is 1.17. The van der Waals surface area contributed by atoms with E-state index < -0.39 is 5.97 Å². The highest BCUT2D eigenvalue weighted by atomic mass is 35.5. The number of aromatic nitrogens is 2. The number of hydrogen-bond donors (Lipinski definition) is 1. The molecular formula is C11H6Cl2N2O3. The number of nitrogens with one attached hydrogen (secondary N) is 1. The second-order valence-corrected chi connectivity index (χ2v) is 4.09. The van der Waals surface area contributed by atoms with Crippen molar-refractivity contribution in [2.24, 2.45) is 0 Å². The molecule has 2 rings (SSSR count). The Morgan fingerprint density at radius 2 is 1.94 bits per heavy atom. The molecule has 0 aliphatic carbocycles. The summed E-state index contributed by atoms with van der Waals surface area (Å²) in [5.74, 6) is -0.654. The predicted octanol–water partition coefficient (Wildman–Crippen LogP) is 2.30. The van der Waals surface area contributed by atoms with E-state index >= 15 is 0 Å². The van der Waals surface area contributed by atoms with E-state index in [0.717, 1.165) is 0 Å². The molecule has 5 nitrogen and oxygen atoms in total. The number of carbonyl (C=O) groups is 1. The number of ether oxygens (including phenoxy) is 1. The highest BCUT2D eigenvalue weighted by Gasteiger charge is 2.11. The molecule has 0 aliphatic rings. The molecule has 0 atom stereocenters. The van der Waals surface area contributed by atoms with Crippen LogP contribution < -0.4 is 10.3 Å². The molecule has 0 amide bonds. The summed E-state index contributed by atoms with van der Waals surface area (Å²) in [5.41, 5.74) is -0.151. The van der Waals surface area contributed by atoms with Crippen molar-refractivity contribution in [3.63, 3.8) is 0 Å². The molecule has 18 heavy (non-hydrogen) atoms. The van der Waals surface area contributed by atoms with Gasteiger partial charge in [-0.15, -0.1) is 5.10 Å². The van der Waals surface area contributed by atoms with E-state index in [1.807, 2.05) is 0 Å². The summed E-state index contributed by atoms with van der Waals surface area (Å²) < 4.78 is 4.93. The molecule has 1 aromatic heterocycles. The van der Waals surface area contributed by atoms with Crippen molar-refractivity contribution in [2.45, 2.75) is 0 Å². The van der Waals surface area contributed by atoms with E-state index in [1.165, 1.54) is 30.3 Å². The number of esters is 1. The van der Waals surface area contributed by atoms with Gasteiger partial charge in [0.25, 0.3) is 5.56 Å². The van der Waals surface area contributed by atoms with Crippen LogP contribution in [0.25, 0.3) is 0 Å². The first kappa shape index (κ1) is 12.6. The molecule has 1 heterocycles. The van der Waals surface area contributed by atoms with Gasteiger partial charge in [0.05, 0.1) is 15.6 Å². The Bertz CT molecular complexity index is 634. The van der Waals surface area contributed by atoms with Gasteiger partial charge in [0.1, 0.15) is 0 Å². The summed E-state index contributed by atoms with van der Waals surface area (Å²) in [4.78, 5) is 22.5. The van der Waals surface area contributed by atoms with E-state index in [4.69, 9.17) is 27.9 Å². The molecule has 7 heteroatoms. The maximum atomic E-state index is 11.7. The third-order valence-corrected chi connectivity index (χ3v) is 2.75. The van der Waals surface area contributed by atoms with Gasteiger partial charge >= 0.3 is 5.97 Å². The van der Waals surface area contributed by atoms with Crippen molar-refractivity contribution >= 4 is 29.2 Å². The summed E-state index contributed by atoms with van der Waals surface area (Å²) in [6, 6.07) is 6.83. The van der Waals surface area contributed by atoms with Gasteiger partial charge in [0.15, 0.2) is 0 Å². The number of rotatable bonds is 2. The third-order valence-electron chi connectivity index (χ3n) is 2.01. The molecule has 0 radical (unpaired) electrons. The van der Waals surface area contributed by atoms with Crippen molar-refractivity contribution in [1.29, 1.82) is 0 Å². The molecule has 0 saturated heterocycles. The fraction of sp³-hybridized carbons (Fsp3) is 0. The van der Waals surface area contributed by atoms with Gasteiger partial charge in [-0.2, -0.15) is 0 Å². The summed E-state index contributed by atoms with van der Waals surface area (Å²) in [5, 5.41) is 6.28. The fourth-order valence-corrected chi connectivity index (χ4v) is 1.46. The Kier molecular flexibility index (Phi) is 3.64. The third kappa shape index (κ3) is 2.88. The minimum absolute atomic E-state index is 0.00864. The van der Waals surface area contributed by atoms with Crippen LogP contribution in [0, 0.1) is 0 Å². The molecule has 0 saturated carbocycles. The average molecular weight is 285 g/mol. The highest BCUT2D eigenvalue weighted by molar-refractivity contribution is 6.42. The van der Waals surface area contributed by atoms with Crippen LogP contribution in [0.15, 0.2) is 35.1 Å². The number of benzene rings is 1. The Morgan fingerprint density at radius 3 is 2.56 bits per heavy atom. The van der Waals surface area contributed by atoms with Gasteiger partial charge in [0.2, 0.25) is 5.88 Å². The molecule has 1 aromatic carbocycles. The van der Waals surface area contributed by atoms with Crippen molar-refractivity contribution in [2.75, 3.05) is 0 Å². The Hall–Kier alpha value is -1.85. The van der Waals surface area contributed by atoms with Gasteiger partial charge in [-0.1, -0.05) is 23.2 Å². The summed E-state index contributed by atoms with van der Waals surface area (Å²) in [6.07, 6.45) is 0. The van der Waals surface area contributed by atoms with E-state index in [1.54, 1.807) is 0 Å². The van der Waals surface area contributed by atoms with Crippen LogP contribution in [-0.4, -0.2) is 16.2 Å². The van der Waals surface area contributed by atoms with Crippen molar-refractivity contribution in [3.8, 4) is 5.88 Å². The first-order valence-electron chi connectivity index (χ1n) is 4.79. The van der Waals surface area contributed by atoms with E-state index in [9.17, 15) is 9.59 Å². The Morgan fingerprint density at radius 1 is 1.17 bits per heavy atom. The van der Waals surface area contributed by atoms with Crippen LogP contribution in [0.3, 0.4) is 0 Å². The molecule has 0 fully saturated rings. The first-order valence-corrected chi connectivity index (χ1v) is 5.55. The summed E-state index contributed by atoms with van der Waals surface area (Å²) in [6.45, 7) is 0. The minimum Gasteiger partial charge on any atom is -0.402 e. The maximum Gasteiger partial charge on any atom is 0.344 e. The zero-order valence-electron chi connectivity index (χ0n) is 8.81. The lowest BCUT2D eigenvalue weighted by atomic mass is 10.2. The topological polar surface area (TPSA) is 72.1 Å². The summed E-state index contributed by atoms with van der Waals surface area (Å²) >= 11 is 11.5. The number of halogens is 2. The van der Waals surface area contributed by atoms with Gasteiger partial charge in [0, 0.05) is 12.1 Å². The average Bonchev–Trinajstić information content (AvgIpc) is 2.35. The quantitative estimate of drug-likeness (QED) is 0.859. The second-order valence-electron chi connectivity index (χ2n) is 3.28. The lowest BCUT2D eigenvalue weighted by molar-refractivity contribution is 0.0725. The van der Waals surface area contributed by atoms with Crippen LogP contribution >= 0.6 is 23.2 Å². The second kappa shape index (κ2) is 5.20. The number of carbonyl (C=O) groups excluding carboxylic acids is 1. The van der Waals surface area contributed by atoms with Crippen molar-refractivity contribution in [3.05, 3.63) is 56.3 Å². The van der Waals surface area contributed by atoms with Gasteiger partial charge in [-0.05, 0) is 18.2 Å². The van der Waals surface area contributed by atoms with Crippen LogP contribution in [0.4, 0.5) is 0 Å². The number of hydrogen-bond acceptors (Lipinski definition) is 4. The van der Waals surface area contributed by atoms with Crippen LogP contribution in [0.2, 0.25) is 10.0 Å². The zero-order valence-corrected chi connectivity index (χ0v) is 10.3. The Labute approximate surface area is 111 Å². The number of aromatic amines is 1. The number of nitrogens with zero attached hydrogens (tertiary/aromatic N) is 1. The largest absolute Gasteiger partial charge is 0.402 e. The van der Waals surface area contributed by atoms with Crippen LogP contribution in [0.1, 0.15) is 10.4 Å². The van der Waals surface area contributed by atoms with E-state index in [2.05, 4.69) is 10.2 Å². The molecule has 0 bridgehead atoms. The number of H-pyrrole nitrogens is 1. The predicted molar refractivity (Wildman–Crippen MR) is 66.3 cm³/mol. The molecule has 92 valence electrons. The summed E-state index contributed by atoms with van der Waals surface area (Å²) in [7, 11) is 0. The highest BCUT2D eigenvalue weighted by Crippen LogP contribution is 2.23.